The van der Waals surface area contributed by atoms with E-state index < -0.39 is 17.7 Å². The number of carbonyl (C=O) groups is 2. The number of anilines is 1. The van der Waals surface area contributed by atoms with E-state index in [-0.39, 0.29) is 16.5 Å². The highest BCUT2D eigenvalue weighted by Gasteiger charge is 2.48. The molecule has 0 saturated carbocycles. The van der Waals surface area contributed by atoms with Crippen molar-refractivity contribution in [2.24, 2.45) is 0 Å². The molecule has 2 heterocycles. The van der Waals surface area contributed by atoms with Gasteiger partial charge >= 0.3 is 5.91 Å². The highest BCUT2D eigenvalue weighted by atomic mass is 32.1. The fraction of sp³-hybridized carbons (Fsp3) is 0.182. The quantitative estimate of drug-likeness (QED) is 0.370. The first kappa shape index (κ1) is 20.5. The van der Waals surface area contributed by atoms with Crippen LogP contribution in [0.4, 0.5) is 5.13 Å². The van der Waals surface area contributed by atoms with Crippen LogP contribution < -0.4 is 14.4 Å². The summed E-state index contributed by atoms with van der Waals surface area (Å²) in [5.41, 5.74) is 3.44. The molecule has 0 radical (unpaired) electrons. The van der Waals surface area contributed by atoms with Crippen molar-refractivity contribution in [3.63, 3.8) is 0 Å². The molecule has 31 heavy (non-hydrogen) atoms. The normalized spacial score (nSPS) is 17.8. The first-order valence-electron chi connectivity index (χ1n) is 9.32. The number of aryl methyl sites for hydroxylation is 1. The van der Waals surface area contributed by atoms with E-state index in [1.54, 1.807) is 30.3 Å². The third-order valence-corrected chi connectivity index (χ3v) is 5.74. The SMILES string of the molecule is COc1ccc([C@H]2C(=C(O)c3ccc(C)cc3)C(=O)C(=O)N2c2nncs2)cc1OC. The summed E-state index contributed by atoms with van der Waals surface area (Å²) in [6.45, 7) is 1.92. The van der Waals surface area contributed by atoms with Crippen molar-refractivity contribution >= 4 is 33.9 Å². The van der Waals surface area contributed by atoms with Gasteiger partial charge in [0.15, 0.2) is 11.5 Å². The van der Waals surface area contributed by atoms with E-state index in [0.29, 0.717) is 22.6 Å². The molecule has 1 saturated heterocycles. The Balaban J connectivity index is 1.94. The molecule has 9 heteroatoms. The number of hydrogen-bond acceptors (Lipinski definition) is 8. The maximum Gasteiger partial charge on any atom is 0.301 e. The number of amides is 1. The molecule has 1 aliphatic heterocycles. The van der Waals surface area contributed by atoms with Crippen molar-refractivity contribution in [1.29, 1.82) is 0 Å². The number of carbonyl (C=O) groups excluding carboxylic acids is 2. The maximum absolute atomic E-state index is 13.0. The summed E-state index contributed by atoms with van der Waals surface area (Å²) in [6, 6.07) is 11.2. The van der Waals surface area contributed by atoms with Crippen molar-refractivity contribution in [2.45, 2.75) is 13.0 Å². The lowest BCUT2D eigenvalue weighted by molar-refractivity contribution is -0.132. The molecule has 1 atom stereocenters. The Kier molecular flexibility index (Phi) is 5.43. The smallest absolute Gasteiger partial charge is 0.301 e. The summed E-state index contributed by atoms with van der Waals surface area (Å²) < 4.78 is 10.7. The van der Waals surface area contributed by atoms with E-state index in [0.717, 1.165) is 16.9 Å². The molecular weight excluding hydrogens is 418 g/mol. The number of ketones is 1. The van der Waals surface area contributed by atoms with Crippen LogP contribution in [-0.2, 0) is 9.59 Å². The Morgan fingerprint density at radius 2 is 1.77 bits per heavy atom. The number of hydrogen-bond donors (Lipinski definition) is 1. The van der Waals surface area contributed by atoms with E-state index >= 15 is 0 Å². The lowest BCUT2D eigenvalue weighted by Crippen LogP contribution is -2.29. The lowest BCUT2D eigenvalue weighted by atomic mass is 9.95. The Bertz CT molecular complexity index is 1170. The zero-order valence-electron chi connectivity index (χ0n) is 17.0. The van der Waals surface area contributed by atoms with E-state index in [1.165, 1.54) is 24.6 Å². The highest BCUT2D eigenvalue weighted by Crippen LogP contribution is 2.44. The Labute approximate surface area is 182 Å². The van der Waals surface area contributed by atoms with E-state index in [9.17, 15) is 14.7 Å². The first-order chi connectivity index (χ1) is 15.0. The predicted octanol–water partition coefficient (Wildman–Crippen LogP) is 3.49. The molecule has 158 valence electrons. The Morgan fingerprint density at radius 3 is 2.39 bits per heavy atom. The van der Waals surface area contributed by atoms with Gasteiger partial charge in [0, 0.05) is 5.56 Å². The molecule has 1 aromatic heterocycles. The van der Waals surface area contributed by atoms with Crippen LogP contribution in [0.3, 0.4) is 0 Å². The first-order valence-corrected chi connectivity index (χ1v) is 10.2. The third-order valence-electron chi connectivity index (χ3n) is 5.05. The van der Waals surface area contributed by atoms with Gasteiger partial charge in [-0.15, -0.1) is 10.2 Å². The minimum Gasteiger partial charge on any atom is -0.507 e. The fourth-order valence-electron chi connectivity index (χ4n) is 3.51. The van der Waals surface area contributed by atoms with Crippen molar-refractivity contribution in [1.82, 2.24) is 10.2 Å². The Morgan fingerprint density at radius 1 is 1.06 bits per heavy atom. The van der Waals surface area contributed by atoms with Crippen LogP contribution in [0.5, 0.6) is 11.5 Å². The number of Topliss-reactive ketones (excluding diaryl/α,β-unsaturated/α-hetero) is 1. The van der Waals surface area contributed by atoms with Crippen molar-refractivity contribution in [2.75, 3.05) is 19.1 Å². The monoisotopic (exact) mass is 437 g/mol. The second-order valence-corrected chi connectivity index (χ2v) is 7.68. The number of ether oxygens (including phenoxy) is 2. The molecule has 0 unspecified atom stereocenters. The van der Waals surface area contributed by atoms with Crippen molar-refractivity contribution < 1.29 is 24.2 Å². The fourth-order valence-corrected chi connectivity index (χ4v) is 4.09. The van der Waals surface area contributed by atoms with Crippen LogP contribution in [0.2, 0.25) is 0 Å². The second-order valence-electron chi connectivity index (χ2n) is 6.87. The maximum atomic E-state index is 13.0. The molecule has 0 spiro atoms. The van der Waals surface area contributed by atoms with Gasteiger partial charge < -0.3 is 14.6 Å². The number of benzene rings is 2. The average molecular weight is 437 g/mol. The van der Waals surface area contributed by atoms with E-state index in [1.807, 2.05) is 19.1 Å². The van der Waals surface area contributed by atoms with Gasteiger partial charge in [-0.3, -0.25) is 14.5 Å². The van der Waals surface area contributed by atoms with Crippen LogP contribution in [0.15, 0.2) is 53.5 Å². The minimum atomic E-state index is -0.908. The highest BCUT2D eigenvalue weighted by molar-refractivity contribution is 7.13. The lowest BCUT2D eigenvalue weighted by Gasteiger charge is -2.23. The molecule has 0 bridgehead atoms. The van der Waals surface area contributed by atoms with Crippen LogP contribution in [0.25, 0.3) is 5.76 Å². The molecule has 1 amide bonds. The summed E-state index contributed by atoms with van der Waals surface area (Å²) in [5.74, 6) is -0.917. The van der Waals surface area contributed by atoms with Gasteiger partial charge in [0.2, 0.25) is 5.13 Å². The van der Waals surface area contributed by atoms with Crippen molar-refractivity contribution in [3.05, 3.63) is 70.2 Å². The molecule has 1 aliphatic rings. The predicted molar refractivity (Wildman–Crippen MR) is 115 cm³/mol. The number of rotatable bonds is 5. The van der Waals surface area contributed by atoms with Gasteiger partial charge in [0.25, 0.3) is 5.78 Å². The summed E-state index contributed by atoms with van der Waals surface area (Å²) in [6.07, 6.45) is 0. The van der Waals surface area contributed by atoms with Crippen molar-refractivity contribution in [3.8, 4) is 11.5 Å². The summed E-state index contributed by atoms with van der Waals surface area (Å²) in [5, 5.41) is 19.1. The van der Waals surface area contributed by atoms with Crippen LogP contribution in [-0.4, -0.2) is 41.2 Å². The summed E-state index contributed by atoms with van der Waals surface area (Å²) in [4.78, 5) is 27.3. The molecule has 1 N–H and O–H groups in total. The van der Waals surface area contributed by atoms with Gasteiger partial charge in [-0.05, 0) is 24.6 Å². The van der Waals surface area contributed by atoms with Crippen LogP contribution >= 0.6 is 11.3 Å². The number of nitrogens with zero attached hydrogens (tertiary/aromatic N) is 3. The van der Waals surface area contributed by atoms with E-state index in [2.05, 4.69) is 10.2 Å². The van der Waals surface area contributed by atoms with Gasteiger partial charge in [-0.2, -0.15) is 0 Å². The number of aliphatic hydroxyl groups is 1. The number of aromatic nitrogens is 2. The zero-order chi connectivity index (χ0) is 22.1. The second kappa shape index (κ2) is 8.19. The molecule has 1 fully saturated rings. The van der Waals surface area contributed by atoms with Gasteiger partial charge in [-0.1, -0.05) is 47.2 Å². The van der Waals surface area contributed by atoms with Gasteiger partial charge in [0.05, 0.1) is 25.8 Å². The Hall–Kier alpha value is -3.72. The molecule has 0 aliphatic carbocycles. The standard InChI is InChI=1S/C22H19N3O5S/c1-12-4-6-13(7-5-12)19(26)17-18(14-8-9-15(29-2)16(10-14)30-3)25(21(28)20(17)27)22-24-23-11-31-22/h4-11,18,26H,1-3H3/t18-/m0/s1. The van der Waals surface area contributed by atoms with Crippen LogP contribution in [0, 0.1) is 6.92 Å². The number of methoxy groups -OCH3 is 2. The average Bonchev–Trinajstić information content (AvgIpc) is 3.40. The van der Waals surface area contributed by atoms with Gasteiger partial charge in [-0.25, -0.2) is 0 Å². The largest absolute Gasteiger partial charge is 0.507 e. The molecule has 4 rings (SSSR count). The van der Waals surface area contributed by atoms with Crippen LogP contribution in [0.1, 0.15) is 22.7 Å². The number of aliphatic hydroxyl groups excluding tert-OH is 1. The molecule has 2 aromatic carbocycles. The zero-order valence-corrected chi connectivity index (χ0v) is 17.8. The minimum absolute atomic E-state index is 0.0312. The summed E-state index contributed by atoms with van der Waals surface area (Å²) in [7, 11) is 3.01. The molecule has 3 aromatic rings. The van der Waals surface area contributed by atoms with E-state index in [4.69, 9.17) is 9.47 Å². The molecule has 8 nitrogen and oxygen atoms in total. The molecular formula is C22H19N3O5S. The topological polar surface area (TPSA) is 102 Å². The summed E-state index contributed by atoms with van der Waals surface area (Å²) >= 11 is 1.12. The van der Waals surface area contributed by atoms with Gasteiger partial charge in [0.1, 0.15) is 11.3 Å². The third kappa shape index (κ3) is 3.53.